The lowest BCUT2D eigenvalue weighted by Crippen LogP contribution is -2.28. The van der Waals surface area contributed by atoms with Crippen LogP contribution in [-0.2, 0) is 22.6 Å². The number of benzene rings is 3. The maximum absolute atomic E-state index is 12.4. The molecule has 31 heavy (non-hydrogen) atoms. The first-order valence-electron chi connectivity index (χ1n) is 10.2. The number of rotatable bonds is 9. The summed E-state index contributed by atoms with van der Waals surface area (Å²) in [5.41, 5.74) is 4.18. The fourth-order valence-corrected chi connectivity index (χ4v) is 3.32. The first-order valence-corrected chi connectivity index (χ1v) is 10.2. The lowest BCUT2D eigenvalue weighted by atomic mass is 10.0. The highest BCUT2D eigenvalue weighted by Gasteiger charge is 2.16. The fraction of sp³-hybridized carbons (Fsp3) is 0.160. The number of carbonyl (C=O) groups excluding carboxylic acids is 1. The summed E-state index contributed by atoms with van der Waals surface area (Å²) in [6.07, 6.45) is 2.92. The first-order chi connectivity index (χ1) is 15.3. The highest BCUT2D eigenvalue weighted by Crippen LogP contribution is 2.25. The maximum atomic E-state index is 12.4. The summed E-state index contributed by atoms with van der Waals surface area (Å²) < 4.78 is 7.78. The van der Waals surface area contributed by atoms with Crippen LogP contribution in [0.15, 0.2) is 97.6 Å². The number of amides is 1. The molecule has 0 saturated carbocycles. The fourth-order valence-electron chi connectivity index (χ4n) is 3.32. The molecule has 6 nitrogen and oxygen atoms in total. The van der Waals surface area contributed by atoms with Crippen molar-refractivity contribution in [3.05, 3.63) is 120 Å². The van der Waals surface area contributed by atoms with Crippen molar-refractivity contribution in [2.24, 2.45) is 0 Å². The van der Waals surface area contributed by atoms with Crippen molar-refractivity contribution in [3.8, 4) is 0 Å². The summed E-state index contributed by atoms with van der Waals surface area (Å²) in [4.78, 5) is 16.4. The van der Waals surface area contributed by atoms with Crippen molar-refractivity contribution in [2.75, 3.05) is 6.61 Å². The molecule has 0 saturated heterocycles. The Morgan fingerprint density at radius 2 is 1.48 bits per heavy atom. The van der Waals surface area contributed by atoms with Gasteiger partial charge in [0.1, 0.15) is 25.4 Å². The van der Waals surface area contributed by atoms with Crippen LogP contribution in [0.2, 0.25) is 0 Å². The van der Waals surface area contributed by atoms with Crippen molar-refractivity contribution in [3.63, 3.8) is 0 Å². The summed E-state index contributed by atoms with van der Waals surface area (Å²) >= 11 is 0. The van der Waals surface area contributed by atoms with E-state index in [1.807, 2.05) is 84.9 Å². The van der Waals surface area contributed by atoms with E-state index in [9.17, 15) is 4.79 Å². The Balaban J connectivity index is 1.30. The molecule has 4 rings (SSSR count). The zero-order valence-corrected chi connectivity index (χ0v) is 17.1. The molecule has 1 amide bonds. The molecule has 0 aliphatic rings. The SMILES string of the molecule is O=C(COC(c1ccccc1)c1ccccc1)NCc1ccc(Cn2cncn2)cc1. The van der Waals surface area contributed by atoms with Gasteiger partial charge in [0, 0.05) is 6.54 Å². The number of carbonyl (C=O) groups is 1. The normalized spacial score (nSPS) is 10.9. The molecule has 0 aliphatic carbocycles. The molecule has 156 valence electrons. The van der Waals surface area contributed by atoms with E-state index in [1.165, 1.54) is 6.33 Å². The number of hydrogen-bond donors (Lipinski definition) is 1. The quantitative estimate of drug-likeness (QED) is 0.455. The summed E-state index contributed by atoms with van der Waals surface area (Å²) in [6.45, 7) is 1.10. The van der Waals surface area contributed by atoms with Gasteiger partial charge in [-0.2, -0.15) is 5.10 Å². The van der Waals surface area contributed by atoms with Crippen LogP contribution in [0.25, 0.3) is 0 Å². The van der Waals surface area contributed by atoms with E-state index in [1.54, 1.807) is 11.0 Å². The van der Waals surface area contributed by atoms with E-state index >= 15 is 0 Å². The molecular weight excluding hydrogens is 388 g/mol. The monoisotopic (exact) mass is 412 g/mol. The molecule has 1 heterocycles. The predicted molar refractivity (Wildman–Crippen MR) is 118 cm³/mol. The molecule has 0 unspecified atom stereocenters. The van der Waals surface area contributed by atoms with E-state index in [0.717, 1.165) is 22.3 Å². The molecule has 0 radical (unpaired) electrons. The van der Waals surface area contributed by atoms with Crippen LogP contribution >= 0.6 is 0 Å². The number of ether oxygens (including phenoxy) is 1. The molecule has 6 heteroatoms. The lowest BCUT2D eigenvalue weighted by Gasteiger charge is -2.19. The van der Waals surface area contributed by atoms with Crippen LogP contribution in [0.4, 0.5) is 0 Å². The second kappa shape index (κ2) is 10.3. The molecule has 1 N–H and O–H groups in total. The molecule has 0 atom stereocenters. The van der Waals surface area contributed by atoms with E-state index in [0.29, 0.717) is 13.1 Å². The highest BCUT2D eigenvalue weighted by molar-refractivity contribution is 5.77. The lowest BCUT2D eigenvalue weighted by molar-refractivity contribution is -0.127. The van der Waals surface area contributed by atoms with Crippen molar-refractivity contribution in [1.82, 2.24) is 20.1 Å². The van der Waals surface area contributed by atoms with Gasteiger partial charge in [0.25, 0.3) is 0 Å². The van der Waals surface area contributed by atoms with E-state index < -0.39 is 0 Å². The van der Waals surface area contributed by atoms with Gasteiger partial charge in [-0.05, 0) is 22.3 Å². The standard InChI is InChI=1S/C25H24N4O2/c30-24(27-15-20-11-13-21(14-12-20)16-29-19-26-18-28-29)17-31-25(22-7-3-1-4-8-22)23-9-5-2-6-10-23/h1-14,18-19,25H,15-17H2,(H,27,30). The van der Waals surface area contributed by atoms with E-state index in [4.69, 9.17) is 4.74 Å². The van der Waals surface area contributed by atoms with Crippen LogP contribution in [0.3, 0.4) is 0 Å². The second-order valence-corrected chi connectivity index (χ2v) is 7.20. The maximum Gasteiger partial charge on any atom is 0.246 e. The topological polar surface area (TPSA) is 69.0 Å². The number of hydrogen-bond acceptors (Lipinski definition) is 4. The van der Waals surface area contributed by atoms with E-state index in [-0.39, 0.29) is 18.6 Å². The Morgan fingerprint density at radius 1 is 0.871 bits per heavy atom. The van der Waals surface area contributed by atoms with Crippen LogP contribution in [0.1, 0.15) is 28.4 Å². The molecule has 3 aromatic carbocycles. The predicted octanol–water partition coefficient (Wildman–Crippen LogP) is 3.75. The summed E-state index contributed by atoms with van der Waals surface area (Å²) in [7, 11) is 0. The molecule has 0 aliphatic heterocycles. The minimum absolute atomic E-state index is 0.0150. The molecule has 0 spiro atoms. The third kappa shape index (κ3) is 5.87. The van der Waals surface area contributed by atoms with Crippen LogP contribution < -0.4 is 5.32 Å². The minimum Gasteiger partial charge on any atom is -0.359 e. The molecule has 1 aromatic heterocycles. The minimum atomic E-state index is -0.288. The third-order valence-corrected chi connectivity index (χ3v) is 4.91. The van der Waals surface area contributed by atoms with E-state index in [2.05, 4.69) is 15.4 Å². The molecule has 0 bridgehead atoms. The average molecular weight is 412 g/mol. The van der Waals surface area contributed by atoms with Crippen LogP contribution in [0.5, 0.6) is 0 Å². The van der Waals surface area contributed by atoms with Crippen LogP contribution in [-0.4, -0.2) is 27.3 Å². The number of aromatic nitrogens is 3. The third-order valence-electron chi connectivity index (χ3n) is 4.91. The van der Waals surface area contributed by atoms with Gasteiger partial charge in [-0.3, -0.25) is 4.79 Å². The highest BCUT2D eigenvalue weighted by atomic mass is 16.5. The Hall–Kier alpha value is -3.77. The molecular formula is C25H24N4O2. The molecule has 0 fully saturated rings. The van der Waals surface area contributed by atoms with Gasteiger partial charge in [0.05, 0.1) is 6.54 Å². The number of nitrogens with zero attached hydrogens (tertiary/aromatic N) is 3. The van der Waals surface area contributed by atoms with Gasteiger partial charge in [0.15, 0.2) is 0 Å². The summed E-state index contributed by atoms with van der Waals surface area (Å²) in [6, 6.07) is 27.9. The van der Waals surface area contributed by atoms with Crippen molar-refractivity contribution in [1.29, 1.82) is 0 Å². The van der Waals surface area contributed by atoms with Crippen molar-refractivity contribution < 1.29 is 9.53 Å². The van der Waals surface area contributed by atoms with Gasteiger partial charge >= 0.3 is 0 Å². The van der Waals surface area contributed by atoms with Crippen LogP contribution in [0, 0.1) is 0 Å². The average Bonchev–Trinajstić information content (AvgIpc) is 3.33. The smallest absolute Gasteiger partial charge is 0.246 e. The summed E-state index contributed by atoms with van der Waals surface area (Å²) in [5.74, 6) is -0.149. The van der Waals surface area contributed by atoms with Crippen molar-refractivity contribution >= 4 is 5.91 Å². The number of nitrogens with one attached hydrogen (secondary N) is 1. The van der Waals surface area contributed by atoms with Gasteiger partial charge in [-0.15, -0.1) is 0 Å². The Bertz CT molecular complexity index is 1030. The Labute approximate surface area is 181 Å². The second-order valence-electron chi connectivity index (χ2n) is 7.20. The Kier molecular flexibility index (Phi) is 6.82. The van der Waals surface area contributed by atoms with Crippen molar-refractivity contribution in [2.45, 2.75) is 19.2 Å². The van der Waals surface area contributed by atoms with Gasteiger partial charge in [0.2, 0.25) is 5.91 Å². The largest absolute Gasteiger partial charge is 0.359 e. The van der Waals surface area contributed by atoms with Gasteiger partial charge < -0.3 is 10.1 Å². The zero-order valence-electron chi connectivity index (χ0n) is 17.1. The summed E-state index contributed by atoms with van der Waals surface area (Å²) in [5, 5.41) is 7.04. The first kappa shape index (κ1) is 20.5. The Morgan fingerprint density at radius 3 is 2.06 bits per heavy atom. The molecule has 4 aromatic rings. The van der Waals surface area contributed by atoms with Gasteiger partial charge in [-0.25, -0.2) is 9.67 Å². The van der Waals surface area contributed by atoms with Gasteiger partial charge in [-0.1, -0.05) is 84.9 Å². The zero-order chi connectivity index (χ0) is 21.3.